The molecule has 0 atom stereocenters. The Bertz CT molecular complexity index is 699. The summed E-state index contributed by atoms with van der Waals surface area (Å²) in [5.74, 6) is 1.62. The van der Waals surface area contributed by atoms with Crippen LogP contribution >= 0.6 is 11.8 Å². The number of benzene rings is 1. The second-order valence-electron chi connectivity index (χ2n) is 4.05. The van der Waals surface area contributed by atoms with Crippen molar-refractivity contribution in [3.05, 3.63) is 54.6 Å². The van der Waals surface area contributed by atoms with Crippen LogP contribution in [0.3, 0.4) is 0 Å². The van der Waals surface area contributed by atoms with Gasteiger partial charge in [-0.1, -0.05) is 30.0 Å². The summed E-state index contributed by atoms with van der Waals surface area (Å²) in [5, 5.41) is 8.84. The Morgan fingerprint density at radius 1 is 1.05 bits per heavy atom. The minimum atomic E-state index is 0.523. The van der Waals surface area contributed by atoms with Crippen molar-refractivity contribution >= 4 is 17.4 Å². The fourth-order valence-electron chi connectivity index (χ4n) is 1.66. The maximum Gasteiger partial charge on any atom is 0.247 e. The number of thioether (sulfide) groups is 1. The van der Waals surface area contributed by atoms with Gasteiger partial charge in [0, 0.05) is 11.8 Å². The van der Waals surface area contributed by atoms with Crippen molar-refractivity contribution in [2.75, 3.05) is 5.73 Å². The van der Waals surface area contributed by atoms with Crippen molar-refractivity contribution in [2.24, 2.45) is 0 Å². The van der Waals surface area contributed by atoms with E-state index in [0.29, 0.717) is 23.2 Å². The van der Waals surface area contributed by atoms with Gasteiger partial charge in [0.15, 0.2) is 0 Å². The summed E-state index contributed by atoms with van der Waals surface area (Å²) in [6.45, 7) is 0. The molecule has 0 fully saturated rings. The standard InChI is InChI=1S/C14H12N4OS/c15-11-7-4-8-16-14(11)20-9-12-17-18-13(19-12)10-5-2-1-3-6-10/h1-8H,9,15H2. The summed E-state index contributed by atoms with van der Waals surface area (Å²) in [6, 6.07) is 13.3. The van der Waals surface area contributed by atoms with Crippen LogP contribution in [0.1, 0.15) is 5.89 Å². The molecule has 0 spiro atoms. The molecule has 3 aromatic rings. The molecular formula is C14H12N4OS. The molecule has 6 heteroatoms. The van der Waals surface area contributed by atoms with E-state index < -0.39 is 0 Å². The molecule has 0 aliphatic rings. The van der Waals surface area contributed by atoms with Crippen molar-refractivity contribution in [3.8, 4) is 11.5 Å². The highest BCUT2D eigenvalue weighted by molar-refractivity contribution is 7.98. The van der Waals surface area contributed by atoms with E-state index in [-0.39, 0.29) is 0 Å². The number of hydrogen-bond acceptors (Lipinski definition) is 6. The van der Waals surface area contributed by atoms with Gasteiger partial charge in [-0.2, -0.15) is 0 Å². The number of nitrogen functional groups attached to an aromatic ring is 1. The van der Waals surface area contributed by atoms with Gasteiger partial charge in [-0.25, -0.2) is 4.98 Å². The molecule has 2 aromatic heterocycles. The number of rotatable bonds is 4. The van der Waals surface area contributed by atoms with Gasteiger partial charge in [-0.05, 0) is 24.3 Å². The molecule has 0 saturated carbocycles. The van der Waals surface area contributed by atoms with Crippen molar-refractivity contribution in [2.45, 2.75) is 10.8 Å². The SMILES string of the molecule is Nc1cccnc1SCc1nnc(-c2ccccc2)o1. The van der Waals surface area contributed by atoms with Crippen LogP contribution in [0.15, 0.2) is 58.1 Å². The smallest absolute Gasteiger partial charge is 0.247 e. The molecule has 0 amide bonds. The van der Waals surface area contributed by atoms with Crippen molar-refractivity contribution < 1.29 is 4.42 Å². The Hall–Kier alpha value is -2.34. The maximum absolute atomic E-state index is 5.83. The van der Waals surface area contributed by atoms with Gasteiger partial charge in [0.25, 0.3) is 0 Å². The minimum Gasteiger partial charge on any atom is -0.420 e. The Morgan fingerprint density at radius 3 is 2.70 bits per heavy atom. The molecular weight excluding hydrogens is 272 g/mol. The molecule has 3 rings (SSSR count). The lowest BCUT2D eigenvalue weighted by Crippen LogP contribution is -1.91. The Labute approximate surface area is 120 Å². The quantitative estimate of drug-likeness (QED) is 0.742. The van der Waals surface area contributed by atoms with E-state index in [1.807, 2.05) is 36.4 Å². The van der Waals surface area contributed by atoms with E-state index in [0.717, 1.165) is 10.6 Å². The second-order valence-corrected chi connectivity index (χ2v) is 5.02. The number of aromatic nitrogens is 3. The lowest BCUT2D eigenvalue weighted by molar-refractivity contribution is 0.528. The van der Waals surface area contributed by atoms with Gasteiger partial charge in [0.2, 0.25) is 11.8 Å². The molecule has 0 unspecified atom stereocenters. The van der Waals surface area contributed by atoms with E-state index >= 15 is 0 Å². The summed E-state index contributed by atoms with van der Waals surface area (Å²) >= 11 is 1.48. The first-order valence-electron chi connectivity index (χ1n) is 6.04. The summed E-state index contributed by atoms with van der Waals surface area (Å²) < 4.78 is 5.62. The number of anilines is 1. The largest absolute Gasteiger partial charge is 0.420 e. The first-order chi connectivity index (χ1) is 9.83. The fourth-order valence-corrected chi connectivity index (χ4v) is 2.41. The van der Waals surface area contributed by atoms with E-state index in [1.165, 1.54) is 11.8 Å². The molecule has 5 nitrogen and oxygen atoms in total. The average Bonchev–Trinajstić information content (AvgIpc) is 2.96. The second kappa shape index (κ2) is 5.75. The van der Waals surface area contributed by atoms with Gasteiger partial charge in [0.1, 0.15) is 5.03 Å². The highest BCUT2D eigenvalue weighted by atomic mass is 32.2. The van der Waals surface area contributed by atoms with Crippen LogP contribution in [0.5, 0.6) is 0 Å². The molecule has 2 heterocycles. The number of pyridine rings is 1. The summed E-state index contributed by atoms with van der Waals surface area (Å²) in [5.41, 5.74) is 7.39. The molecule has 100 valence electrons. The third-order valence-electron chi connectivity index (χ3n) is 2.62. The van der Waals surface area contributed by atoms with Crippen LogP contribution in [0.2, 0.25) is 0 Å². The van der Waals surface area contributed by atoms with Crippen LogP contribution in [-0.2, 0) is 5.75 Å². The Balaban J connectivity index is 1.71. The van der Waals surface area contributed by atoms with Gasteiger partial charge in [-0.3, -0.25) is 0 Å². The van der Waals surface area contributed by atoms with E-state index in [9.17, 15) is 0 Å². The number of nitrogens with zero attached hydrogens (tertiary/aromatic N) is 3. The van der Waals surface area contributed by atoms with Crippen molar-refractivity contribution in [1.82, 2.24) is 15.2 Å². The van der Waals surface area contributed by atoms with Crippen LogP contribution in [0.4, 0.5) is 5.69 Å². The van der Waals surface area contributed by atoms with Crippen LogP contribution in [-0.4, -0.2) is 15.2 Å². The number of hydrogen-bond donors (Lipinski definition) is 1. The molecule has 2 N–H and O–H groups in total. The van der Waals surface area contributed by atoms with E-state index in [1.54, 1.807) is 12.3 Å². The Kier molecular flexibility index (Phi) is 3.64. The maximum atomic E-state index is 5.83. The molecule has 20 heavy (non-hydrogen) atoms. The molecule has 0 bridgehead atoms. The first kappa shape index (κ1) is 12.7. The van der Waals surface area contributed by atoms with Crippen LogP contribution in [0.25, 0.3) is 11.5 Å². The minimum absolute atomic E-state index is 0.523. The monoisotopic (exact) mass is 284 g/mol. The van der Waals surface area contributed by atoms with Crippen molar-refractivity contribution in [3.63, 3.8) is 0 Å². The Morgan fingerprint density at radius 2 is 1.90 bits per heavy atom. The zero-order valence-corrected chi connectivity index (χ0v) is 11.4. The normalized spacial score (nSPS) is 10.6. The lowest BCUT2D eigenvalue weighted by atomic mass is 10.2. The summed E-state index contributed by atoms with van der Waals surface area (Å²) in [6.07, 6.45) is 1.71. The van der Waals surface area contributed by atoms with Gasteiger partial charge >= 0.3 is 0 Å². The summed E-state index contributed by atoms with van der Waals surface area (Å²) in [7, 11) is 0. The molecule has 0 aliphatic heterocycles. The molecule has 0 radical (unpaired) electrons. The summed E-state index contributed by atoms with van der Waals surface area (Å²) in [4.78, 5) is 4.21. The highest BCUT2D eigenvalue weighted by Crippen LogP contribution is 2.26. The number of nitrogens with two attached hydrogens (primary N) is 1. The molecule has 0 aliphatic carbocycles. The first-order valence-corrected chi connectivity index (χ1v) is 7.02. The fraction of sp³-hybridized carbons (Fsp3) is 0.0714. The molecule has 0 saturated heterocycles. The average molecular weight is 284 g/mol. The third kappa shape index (κ3) is 2.80. The van der Waals surface area contributed by atoms with Gasteiger partial charge in [-0.15, -0.1) is 10.2 Å². The van der Waals surface area contributed by atoms with E-state index in [4.69, 9.17) is 10.2 Å². The predicted octanol–water partition coefficient (Wildman–Crippen LogP) is 3.01. The molecule has 1 aromatic carbocycles. The van der Waals surface area contributed by atoms with Gasteiger partial charge < -0.3 is 10.2 Å². The van der Waals surface area contributed by atoms with E-state index in [2.05, 4.69) is 15.2 Å². The van der Waals surface area contributed by atoms with Crippen molar-refractivity contribution in [1.29, 1.82) is 0 Å². The van der Waals surface area contributed by atoms with Crippen LogP contribution in [0, 0.1) is 0 Å². The van der Waals surface area contributed by atoms with Gasteiger partial charge in [0.05, 0.1) is 11.4 Å². The topological polar surface area (TPSA) is 77.8 Å². The highest BCUT2D eigenvalue weighted by Gasteiger charge is 2.09. The predicted molar refractivity (Wildman–Crippen MR) is 77.9 cm³/mol. The lowest BCUT2D eigenvalue weighted by Gasteiger charge is -2.00. The third-order valence-corrected chi connectivity index (χ3v) is 3.63. The zero-order valence-electron chi connectivity index (χ0n) is 10.6. The zero-order chi connectivity index (χ0) is 13.8. The van der Waals surface area contributed by atoms with Crippen LogP contribution < -0.4 is 5.73 Å².